The molecule has 0 saturated carbocycles. The van der Waals surface area contributed by atoms with Gasteiger partial charge in [0.1, 0.15) is 0 Å². The fourth-order valence-electron chi connectivity index (χ4n) is 0.467. The van der Waals surface area contributed by atoms with Crippen LogP contribution >= 0.6 is 0 Å². The molecule has 1 amide bonds. The number of nitrogens with one attached hydrogen (secondary N) is 1. The Labute approximate surface area is 82.5 Å². The number of rotatable bonds is 4. The minimum absolute atomic E-state index is 0.107. The standard InChI is InChI=1S/C7H10F5NO2/c1-4(2)3-15-13-5(14)6(8,9)7(10,11)12/h4H,3H2,1-2H3,(H,13,14). The Hall–Kier alpha value is -0.920. The lowest BCUT2D eigenvalue weighted by molar-refractivity contribution is -0.273. The van der Waals surface area contributed by atoms with Crippen molar-refractivity contribution < 1.29 is 31.6 Å². The molecule has 0 aliphatic carbocycles. The molecule has 0 spiro atoms. The van der Waals surface area contributed by atoms with E-state index < -0.39 is 18.0 Å². The van der Waals surface area contributed by atoms with E-state index >= 15 is 0 Å². The molecule has 0 aromatic rings. The summed E-state index contributed by atoms with van der Waals surface area (Å²) in [6.07, 6.45) is -5.92. The lowest BCUT2D eigenvalue weighted by Gasteiger charge is -2.18. The molecule has 0 aromatic carbocycles. The number of halogens is 5. The van der Waals surface area contributed by atoms with Gasteiger partial charge < -0.3 is 0 Å². The first-order valence-electron chi connectivity index (χ1n) is 3.95. The van der Waals surface area contributed by atoms with Crippen LogP contribution in [0, 0.1) is 5.92 Å². The molecule has 15 heavy (non-hydrogen) atoms. The third-order valence-corrected chi connectivity index (χ3v) is 1.22. The first kappa shape index (κ1) is 14.1. The average Bonchev–Trinajstić information content (AvgIpc) is 2.01. The molecule has 0 heterocycles. The number of carbonyl (C=O) groups is 1. The Morgan fingerprint density at radius 3 is 2.07 bits per heavy atom. The molecule has 0 saturated heterocycles. The van der Waals surface area contributed by atoms with Crippen LogP contribution in [0.2, 0.25) is 0 Å². The monoisotopic (exact) mass is 235 g/mol. The van der Waals surface area contributed by atoms with Crippen molar-refractivity contribution in [2.45, 2.75) is 25.9 Å². The zero-order valence-electron chi connectivity index (χ0n) is 7.99. The van der Waals surface area contributed by atoms with Crippen LogP contribution in [-0.2, 0) is 9.63 Å². The Morgan fingerprint density at radius 1 is 1.27 bits per heavy atom. The van der Waals surface area contributed by atoms with Crippen molar-refractivity contribution in [3.8, 4) is 0 Å². The smallest absolute Gasteiger partial charge is 0.273 e. The van der Waals surface area contributed by atoms with Crippen LogP contribution in [0.15, 0.2) is 0 Å². The maximum Gasteiger partial charge on any atom is 0.463 e. The van der Waals surface area contributed by atoms with Gasteiger partial charge in [-0.2, -0.15) is 22.0 Å². The first-order chi connectivity index (χ1) is 6.59. The van der Waals surface area contributed by atoms with Gasteiger partial charge >= 0.3 is 18.0 Å². The number of hydrogen-bond acceptors (Lipinski definition) is 2. The summed E-state index contributed by atoms with van der Waals surface area (Å²) < 4.78 is 59.3. The normalized spacial score (nSPS) is 13.1. The minimum atomic E-state index is -5.92. The maximum atomic E-state index is 12.2. The zero-order chi connectivity index (χ0) is 12.3. The summed E-state index contributed by atoms with van der Waals surface area (Å²) in [6.45, 7) is 3.11. The maximum absolute atomic E-state index is 12.2. The highest BCUT2D eigenvalue weighted by molar-refractivity contribution is 5.83. The van der Waals surface area contributed by atoms with Crippen molar-refractivity contribution in [2.24, 2.45) is 5.92 Å². The van der Waals surface area contributed by atoms with Crippen LogP contribution in [0.1, 0.15) is 13.8 Å². The van der Waals surface area contributed by atoms with Gasteiger partial charge in [-0.3, -0.25) is 9.63 Å². The highest BCUT2D eigenvalue weighted by Gasteiger charge is 2.63. The summed E-state index contributed by atoms with van der Waals surface area (Å²) in [5, 5.41) is 0. The molecule has 0 atom stereocenters. The average molecular weight is 235 g/mol. The van der Waals surface area contributed by atoms with Crippen molar-refractivity contribution >= 4 is 5.91 Å². The van der Waals surface area contributed by atoms with Crippen LogP contribution in [-0.4, -0.2) is 24.6 Å². The van der Waals surface area contributed by atoms with Crippen LogP contribution in [0.5, 0.6) is 0 Å². The molecule has 0 radical (unpaired) electrons. The van der Waals surface area contributed by atoms with Gasteiger partial charge in [-0.15, -0.1) is 0 Å². The second kappa shape index (κ2) is 4.73. The van der Waals surface area contributed by atoms with Crippen molar-refractivity contribution in [1.29, 1.82) is 0 Å². The summed E-state index contributed by atoms with van der Waals surface area (Å²) in [5.41, 5.74) is 1.05. The van der Waals surface area contributed by atoms with Crippen LogP contribution in [0.4, 0.5) is 22.0 Å². The third kappa shape index (κ3) is 3.98. The van der Waals surface area contributed by atoms with E-state index in [2.05, 4.69) is 4.84 Å². The molecular formula is C7H10F5NO2. The quantitative estimate of drug-likeness (QED) is 0.596. The van der Waals surface area contributed by atoms with Gasteiger partial charge in [-0.1, -0.05) is 13.8 Å². The number of carbonyl (C=O) groups excluding carboxylic acids is 1. The Bertz CT molecular complexity index is 226. The summed E-state index contributed by atoms with van der Waals surface area (Å²) in [7, 11) is 0. The van der Waals surface area contributed by atoms with Gasteiger partial charge in [-0.05, 0) is 5.92 Å². The van der Waals surface area contributed by atoms with E-state index in [1.807, 2.05) is 0 Å². The van der Waals surface area contributed by atoms with Gasteiger partial charge in [0, 0.05) is 0 Å². The van der Waals surface area contributed by atoms with Crippen LogP contribution in [0.25, 0.3) is 0 Å². The second-order valence-electron chi connectivity index (χ2n) is 3.21. The van der Waals surface area contributed by atoms with Gasteiger partial charge in [0.05, 0.1) is 6.61 Å². The number of amides is 1. The van der Waals surface area contributed by atoms with E-state index in [-0.39, 0.29) is 12.5 Å². The number of hydrogen-bond donors (Lipinski definition) is 1. The molecule has 0 bridgehead atoms. The SMILES string of the molecule is CC(C)CONC(=O)C(F)(F)C(F)(F)F. The van der Waals surface area contributed by atoms with E-state index in [1.54, 1.807) is 13.8 Å². The first-order valence-corrected chi connectivity index (χ1v) is 3.95. The zero-order valence-corrected chi connectivity index (χ0v) is 7.99. The van der Waals surface area contributed by atoms with Crippen LogP contribution in [0.3, 0.4) is 0 Å². The third-order valence-electron chi connectivity index (χ3n) is 1.22. The summed E-state index contributed by atoms with van der Waals surface area (Å²) in [6, 6.07) is 0. The van der Waals surface area contributed by atoms with E-state index in [4.69, 9.17) is 0 Å². The minimum Gasteiger partial charge on any atom is -0.273 e. The van der Waals surface area contributed by atoms with Crippen molar-refractivity contribution in [3.63, 3.8) is 0 Å². The van der Waals surface area contributed by atoms with Gasteiger partial charge in [-0.25, -0.2) is 5.48 Å². The van der Waals surface area contributed by atoms with E-state index in [9.17, 15) is 26.7 Å². The Kier molecular flexibility index (Phi) is 4.44. The van der Waals surface area contributed by atoms with Gasteiger partial charge in [0.2, 0.25) is 0 Å². The Morgan fingerprint density at radius 2 is 1.73 bits per heavy atom. The molecule has 90 valence electrons. The van der Waals surface area contributed by atoms with Crippen molar-refractivity contribution in [3.05, 3.63) is 0 Å². The van der Waals surface area contributed by atoms with Gasteiger partial charge in [0.15, 0.2) is 0 Å². The molecule has 8 heteroatoms. The predicted octanol–water partition coefficient (Wildman–Crippen LogP) is 1.89. The Balaban J connectivity index is 4.21. The molecule has 3 nitrogen and oxygen atoms in total. The predicted molar refractivity (Wildman–Crippen MR) is 39.9 cm³/mol. The number of alkyl halides is 5. The molecule has 0 aliphatic heterocycles. The highest BCUT2D eigenvalue weighted by Crippen LogP contribution is 2.35. The molecule has 1 N–H and O–H groups in total. The van der Waals surface area contributed by atoms with Crippen molar-refractivity contribution in [2.75, 3.05) is 6.61 Å². The fourth-order valence-corrected chi connectivity index (χ4v) is 0.467. The molecule has 0 fully saturated rings. The summed E-state index contributed by atoms with van der Waals surface area (Å²) in [4.78, 5) is 14.5. The fraction of sp³-hybridized carbons (Fsp3) is 0.857. The van der Waals surface area contributed by atoms with E-state index in [0.29, 0.717) is 0 Å². The molecule has 0 rings (SSSR count). The highest BCUT2D eigenvalue weighted by atomic mass is 19.4. The van der Waals surface area contributed by atoms with Crippen molar-refractivity contribution in [1.82, 2.24) is 5.48 Å². The largest absolute Gasteiger partial charge is 0.463 e. The van der Waals surface area contributed by atoms with E-state index in [1.165, 1.54) is 0 Å². The molecular weight excluding hydrogens is 225 g/mol. The second-order valence-corrected chi connectivity index (χ2v) is 3.21. The number of hydroxylamine groups is 1. The molecule has 0 aliphatic rings. The molecule has 0 aromatic heterocycles. The topological polar surface area (TPSA) is 38.3 Å². The molecule has 0 unspecified atom stereocenters. The summed E-state index contributed by atoms with van der Waals surface area (Å²) >= 11 is 0. The van der Waals surface area contributed by atoms with Gasteiger partial charge in [0.25, 0.3) is 0 Å². The lowest BCUT2D eigenvalue weighted by Crippen LogP contribution is -2.50. The van der Waals surface area contributed by atoms with Crippen LogP contribution < -0.4 is 5.48 Å². The lowest BCUT2D eigenvalue weighted by atomic mass is 10.2. The van der Waals surface area contributed by atoms with E-state index in [0.717, 1.165) is 5.48 Å². The summed E-state index contributed by atoms with van der Waals surface area (Å²) in [5.74, 6) is -8.07.